The number of imide groups is 1. The van der Waals surface area contributed by atoms with Crippen molar-refractivity contribution in [2.24, 2.45) is 7.05 Å². The highest BCUT2D eigenvalue weighted by molar-refractivity contribution is 6.06. The Hall–Kier alpha value is -2.71. The molecular formula is C15H20N6O3. The Kier molecular flexibility index (Phi) is 3.66. The fourth-order valence-corrected chi connectivity index (χ4v) is 2.76. The summed E-state index contributed by atoms with van der Waals surface area (Å²) >= 11 is 0. The van der Waals surface area contributed by atoms with Crippen LogP contribution < -0.4 is 5.32 Å². The van der Waals surface area contributed by atoms with Gasteiger partial charge in [0, 0.05) is 18.3 Å². The maximum absolute atomic E-state index is 11.9. The van der Waals surface area contributed by atoms with Crippen molar-refractivity contribution >= 4 is 11.9 Å². The Morgan fingerprint density at radius 1 is 1.25 bits per heavy atom. The molecule has 0 saturated carbocycles. The number of urea groups is 1. The summed E-state index contributed by atoms with van der Waals surface area (Å²) in [7, 11) is 1.89. The number of nitrogens with zero attached hydrogens (tertiary/aromatic N) is 5. The van der Waals surface area contributed by atoms with Crippen LogP contribution in [-0.2, 0) is 24.8 Å². The van der Waals surface area contributed by atoms with Crippen LogP contribution in [0.5, 0.6) is 0 Å². The molecule has 0 unspecified atom stereocenters. The molecule has 9 heteroatoms. The maximum Gasteiger partial charge on any atom is 0.325 e. The van der Waals surface area contributed by atoms with Crippen molar-refractivity contribution in [3.63, 3.8) is 0 Å². The lowest BCUT2D eigenvalue weighted by molar-refractivity contribution is -0.125. The van der Waals surface area contributed by atoms with Gasteiger partial charge in [0.1, 0.15) is 5.54 Å². The molecule has 3 amide bonds. The first-order chi connectivity index (χ1) is 11.2. The average molecular weight is 332 g/mol. The van der Waals surface area contributed by atoms with Crippen LogP contribution in [0.1, 0.15) is 42.5 Å². The Morgan fingerprint density at radius 2 is 1.96 bits per heavy atom. The fraction of sp³-hybridized carbons (Fsp3) is 0.533. The van der Waals surface area contributed by atoms with E-state index in [0.29, 0.717) is 18.1 Å². The standard InChI is InChI=1S/C15H20N6O3/c1-8-10(9(2)20(5)18-8)6-12-16-11(19-24-12)7-21-14(23)17-13(22)15(21,3)4/h6-7H2,1-5H3,(H,17,22,23). The number of hydrogen-bond donors (Lipinski definition) is 1. The van der Waals surface area contributed by atoms with Gasteiger partial charge in [0.05, 0.1) is 18.7 Å². The molecule has 1 aliphatic heterocycles. The van der Waals surface area contributed by atoms with Gasteiger partial charge >= 0.3 is 6.03 Å². The number of amides is 3. The lowest BCUT2D eigenvalue weighted by Crippen LogP contribution is -2.43. The molecule has 0 bridgehead atoms. The van der Waals surface area contributed by atoms with E-state index in [1.165, 1.54) is 4.90 Å². The zero-order valence-electron chi connectivity index (χ0n) is 14.4. The van der Waals surface area contributed by atoms with Gasteiger partial charge in [0.15, 0.2) is 5.82 Å². The van der Waals surface area contributed by atoms with Crippen LogP contribution in [-0.4, -0.2) is 42.3 Å². The van der Waals surface area contributed by atoms with E-state index in [0.717, 1.165) is 17.0 Å². The summed E-state index contributed by atoms with van der Waals surface area (Å²) in [4.78, 5) is 29.4. The third-order valence-corrected chi connectivity index (χ3v) is 4.49. The number of carbonyl (C=O) groups is 2. The van der Waals surface area contributed by atoms with Crippen LogP contribution in [0.25, 0.3) is 0 Å². The van der Waals surface area contributed by atoms with Gasteiger partial charge in [-0.15, -0.1) is 0 Å². The Bertz CT molecular complexity index is 819. The minimum Gasteiger partial charge on any atom is -0.339 e. The van der Waals surface area contributed by atoms with Gasteiger partial charge in [-0.05, 0) is 27.7 Å². The molecule has 1 N–H and O–H groups in total. The molecular weight excluding hydrogens is 312 g/mol. The van der Waals surface area contributed by atoms with Crippen molar-refractivity contribution in [2.75, 3.05) is 0 Å². The summed E-state index contributed by atoms with van der Waals surface area (Å²) in [5.74, 6) is 0.480. The van der Waals surface area contributed by atoms with E-state index >= 15 is 0 Å². The fourth-order valence-electron chi connectivity index (χ4n) is 2.76. The normalized spacial score (nSPS) is 16.8. The summed E-state index contributed by atoms with van der Waals surface area (Å²) in [6.07, 6.45) is 0.479. The smallest absolute Gasteiger partial charge is 0.325 e. The number of carbonyl (C=O) groups excluding carboxylic acids is 2. The summed E-state index contributed by atoms with van der Waals surface area (Å²) in [6.45, 7) is 7.38. The molecule has 0 aromatic carbocycles. The van der Waals surface area contributed by atoms with E-state index in [-0.39, 0.29) is 12.5 Å². The zero-order chi connectivity index (χ0) is 17.6. The van der Waals surface area contributed by atoms with Crippen LogP contribution in [0.3, 0.4) is 0 Å². The lowest BCUT2D eigenvalue weighted by atomic mass is 10.0. The highest BCUT2D eigenvalue weighted by Gasteiger charge is 2.45. The second-order valence-corrected chi connectivity index (χ2v) is 6.46. The first-order valence-electron chi connectivity index (χ1n) is 7.63. The maximum atomic E-state index is 11.9. The van der Waals surface area contributed by atoms with Crippen LogP contribution in [0.4, 0.5) is 4.79 Å². The van der Waals surface area contributed by atoms with Crippen LogP contribution in [0, 0.1) is 13.8 Å². The number of aromatic nitrogens is 4. The van der Waals surface area contributed by atoms with Gasteiger partial charge in [-0.1, -0.05) is 5.16 Å². The molecule has 9 nitrogen and oxygen atoms in total. The quantitative estimate of drug-likeness (QED) is 0.832. The van der Waals surface area contributed by atoms with Crippen molar-refractivity contribution in [3.8, 4) is 0 Å². The van der Waals surface area contributed by atoms with Crippen molar-refractivity contribution < 1.29 is 14.1 Å². The van der Waals surface area contributed by atoms with Crippen LogP contribution in [0.15, 0.2) is 4.52 Å². The molecule has 128 valence electrons. The Morgan fingerprint density at radius 3 is 2.50 bits per heavy atom. The van der Waals surface area contributed by atoms with Gasteiger partial charge in [-0.3, -0.25) is 14.8 Å². The summed E-state index contributed by atoms with van der Waals surface area (Å²) < 4.78 is 7.10. The first-order valence-corrected chi connectivity index (χ1v) is 7.63. The molecule has 0 aliphatic carbocycles. The van der Waals surface area contributed by atoms with E-state index in [2.05, 4.69) is 20.6 Å². The molecule has 3 heterocycles. The Labute approximate surface area is 139 Å². The lowest BCUT2D eigenvalue weighted by Gasteiger charge is -2.26. The third-order valence-electron chi connectivity index (χ3n) is 4.49. The van der Waals surface area contributed by atoms with E-state index in [4.69, 9.17) is 4.52 Å². The number of aryl methyl sites for hydroxylation is 2. The highest BCUT2D eigenvalue weighted by Crippen LogP contribution is 2.23. The van der Waals surface area contributed by atoms with Crippen molar-refractivity contribution in [1.82, 2.24) is 30.1 Å². The SMILES string of the molecule is Cc1nn(C)c(C)c1Cc1nc(CN2C(=O)NC(=O)C2(C)C)no1. The first kappa shape index (κ1) is 16.2. The molecule has 1 fully saturated rings. The van der Waals surface area contributed by atoms with Crippen LogP contribution >= 0.6 is 0 Å². The molecule has 3 rings (SSSR count). The molecule has 0 spiro atoms. The summed E-state index contributed by atoms with van der Waals surface area (Å²) in [5, 5.41) is 10.6. The van der Waals surface area contributed by atoms with E-state index in [9.17, 15) is 9.59 Å². The predicted octanol–water partition coefficient (Wildman–Crippen LogP) is 0.841. The molecule has 1 saturated heterocycles. The van der Waals surface area contributed by atoms with Gasteiger partial charge in [-0.2, -0.15) is 10.1 Å². The van der Waals surface area contributed by atoms with Crippen molar-refractivity contribution in [2.45, 2.75) is 46.2 Å². The third kappa shape index (κ3) is 2.55. The number of rotatable bonds is 4. The summed E-state index contributed by atoms with van der Waals surface area (Å²) in [5.41, 5.74) is 2.06. The van der Waals surface area contributed by atoms with Crippen molar-refractivity contribution in [1.29, 1.82) is 0 Å². The van der Waals surface area contributed by atoms with Crippen molar-refractivity contribution in [3.05, 3.63) is 28.7 Å². The predicted molar refractivity (Wildman–Crippen MR) is 82.9 cm³/mol. The van der Waals surface area contributed by atoms with Gasteiger partial charge in [0.25, 0.3) is 5.91 Å². The monoisotopic (exact) mass is 332 g/mol. The Balaban J connectivity index is 1.77. The van der Waals surface area contributed by atoms with Crippen LogP contribution in [0.2, 0.25) is 0 Å². The topological polar surface area (TPSA) is 106 Å². The minimum absolute atomic E-state index is 0.110. The second-order valence-electron chi connectivity index (χ2n) is 6.46. The molecule has 1 aliphatic rings. The van der Waals surface area contributed by atoms with E-state index in [1.54, 1.807) is 13.8 Å². The number of nitrogens with one attached hydrogen (secondary N) is 1. The molecule has 0 atom stereocenters. The average Bonchev–Trinajstić information content (AvgIpc) is 3.09. The zero-order valence-corrected chi connectivity index (χ0v) is 14.4. The van der Waals surface area contributed by atoms with Gasteiger partial charge in [0.2, 0.25) is 5.89 Å². The minimum atomic E-state index is -0.936. The summed E-state index contributed by atoms with van der Waals surface area (Å²) in [6, 6.07) is -0.449. The van der Waals surface area contributed by atoms with Gasteiger partial charge in [-0.25, -0.2) is 4.79 Å². The second kappa shape index (κ2) is 5.43. The molecule has 2 aromatic rings. The largest absolute Gasteiger partial charge is 0.339 e. The van der Waals surface area contributed by atoms with E-state index in [1.807, 2.05) is 25.6 Å². The molecule has 2 aromatic heterocycles. The number of hydrogen-bond acceptors (Lipinski definition) is 6. The molecule has 24 heavy (non-hydrogen) atoms. The highest BCUT2D eigenvalue weighted by atomic mass is 16.5. The molecule has 0 radical (unpaired) electrons. The van der Waals surface area contributed by atoms with Gasteiger partial charge < -0.3 is 9.42 Å². The van der Waals surface area contributed by atoms with E-state index < -0.39 is 11.6 Å².